The average Bonchev–Trinajstić information content (AvgIpc) is 3.28. The van der Waals surface area contributed by atoms with Gasteiger partial charge in [-0.1, -0.05) is 11.8 Å². The number of ether oxygens (including phenoxy) is 2. The first kappa shape index (κ1) is 21.4. The normalized spacial score (nSPS) is 10.7. The molecule has 9 heteroatoms. The first-order valence-corrected chi connectivity index (χ1v) is 10.7. The summed E-state index contributed by atoms with van der Waals surface area (Å²) in [7, 11) is 2.95. The summed E-state index contributed by atoms with van der Waals surface area (Å²) in [5.74, 6) is 0.349. The summed E-state index contributed by atoms with van der Waals surface area (Å²) in [5.41, 5.74) is 3.60. The third-order valence-corrected chi connectivity index (χ3v) is 5.66. The van der Waals surface area contributed by atoms with E-state index in [4.69, 9.17) is 4.74 Å². The van der Waals surface area contributed by atoms with Crippen LogP contribution in [0.15, 0.2) is 72.0 Å². The second-order valence-electron chi connectivity index (χ2n) is 6.73. The molecule has 8 nitrogen and oxygen atoms in total. The second-order valence-corrected chi connectivity index (χ2v) is 7.69. The fourth-order valence-electron chi connectivity index (χ4n) is 3.05. The molecule has 1 amide bonds. The molecule has 2 heterocycles. The van der Waals surface area contributed by atoms with Gasteiger partial charge in [0.2, 0.25) is 5.91 Å². The maximum atomic E-state index is 12.4. The van der Waals surface area contributed by atoms with Crippen molar-refractivity contribution in [2.45, 2.75) is 5.03 Å². The van der Waals surface area contributed by atoms with E-state index in [0.29, 0.717) is 16.3 Å². The van der Waals surface area contributed by atoms with Crippen LogP contribution in [-0.4, -0.2) is 46.4 Å². The monoisotopic (exact) mass is 448 g/mol. The number of benzene rings is 2. The molecule has 0 fully saturated rings. The van der Waals surface area contributed by atoms with Crippen molar-refractivity contribution in [3.05, 3.63) is 72.6 Å². The van der Waals surface area contributed by atoms with Crippen LogP contribution in [0.2, 0.25) is 0 Å². The van der Waals surface area contributed by atoms with Crippen LogP contribution in [0.4, 0.5) is 5.69 Å². The Morgan fingerprint density at radius 2 is 1.81 bits per heavy atom. The quantitative estimate of drug-likeness (QED) is 0.338. The number of rotatable bonds is 7. The Morgan fingerprint density at radius 3 is 2.50 bits per heavy atom. The Balaban J connectivity index is 1.44. The summed E-state index contributed by atoms with van der Waals surface area (Å²) < 4.78 is 11.6. The number of fused-ring (bicyclic) bond motifs is 1. The lowest BCUT2D eigenvalue weighted by molar-refractivity contribution is -0.113. The molecule has 0 radical (unpaired) electrons. The average molecular weight is 449 g/mol. The first-order chi connectivity index (χ1) is 15.6. The van der Waals surface area contributed by atoms with Crippen LogP contribution in [0.5, 0.6) is 5.75 Å². The minimum atomic E-state index is -0.424. The number of esters is 1. The van der Waals surface area contributed by atoms with E-state index in [1.807, 2.05) is 30.3 Å². The molecule has 0 bridgehead atoms. The summed E-state index contributed by atoms with van der Waals surface area (Å²) in [6.45, 7) is 0. The molecule has 0 atom stereocenters. The highest BCUT2D eigenvalue weighted by Crippen LogP contribution is 2.27. The number of hydrogen-bond acceptors (Lipinski definition) is 7. The third kappa shape index (κ3) is 4.73. The van der Waals surface area contributed by atoms with Gasteiger partial charge in [-0.15, -0.1) is 0 Å². The van der Waals surface area contributed by atoms with Gasteiger partial charge >= 0.3 is 5.97 Å². The number of hydrogen-bond donors (Lipinski definition) is 1. The van der Waals surface area contributed by atoms with Crippen LogP contribution >= 0.6 is 11.8 Å². The maximum absolute atomic E-state index is 12.4. The molecule has 4 rings (SSSR count). The van der Waals surface area contributed by atoms with E-state index in [9.17, 15) is 9.59 Å². The molecular formula is C23H20N4O4S. The van der Waals surface area contributed by atoms with Crippen LogP contribution in [-0.2, 0) is 9.53 Å². The van der Waals surface area contributed by atoms with Crippen molar-refractivity contribution in [3.8, 4) is 17.0 Å². The van der Waals surface area contributed by atoms with E-state index in [1.165, 1.54) is 18.9 Å². The molecule has 0 aliphatic rings. The smallest absolute Gasteiger partial charge is 0.337 e. The van der Waals surface area contributed by atoms with Crippen LogP contribution < -0.4 is 10.1 Å². The van der Waals surface area contributed by atoms with Gasteiger partial charge in [0.25, 0.3) is 0 Å². The van der Waals surface area contributed by atoms with Crippen LogP contribution in [0.1, 0.15) is 10.4 Å². The molecule has 32 heavy (non-hydrogen) atoms. The molecule has 4 aromatic rings. The fraction of sp³-hybridized carbons (Fsp3) is 0.130. The van der Waals surface area contributed by atoms with Gasteiger partial charge in [0.1, 0.15) is 10.8 Å². The van der Waals surface area contributed by atoms with E-state index in [0.717, 1.165) is 22.5 Å². The molecule has 0 unspecified atom stereocenters. The Hall–Kier alpha value is -3.85. The van der Waals surface area contributed by atoms with E-state index in [2.05, 4.69) is 20.1 Å². The number of carbonyl (C=O) groups is 2. The van der Waals surface area contributed by atoms with Crippen LogP contribution in [0, 0.1) is 0 Å². The summed E-state index contributed by atoms with van der Waals surface area (Å²) >= 11 is 1.33. The topological polar surface area (TPSA) is 94.8 Å². The summed E-state index contributed by atoms with van der Waals surface area (Å²) in [4.78, 5) is 28.3. The van der Waals surface area contributed by atoms with Gasteiger partial charge < -0.3 is 14.8 Å². The molecule has 0 saturated carbocycles. The molecular weight excluding hydrogens is 428 g/mol. The predicted molar refractivity (Wildman–Crippen MR) is 122 cm³/mol. The van der Waals surface area contributed by atoms with Crippen molar-refractivity contribution < 1.29 is 19.1 Å². The second kappa shape index (κ2) is 9.52. The zero-order valence-electron chi connectivity index (χ0n) is 17.4. The lowest BCUT2D eigenvalue weighted by atomic mass is 10.1. The number of nitrogens with one attached hydrogen (secondary N) is 1. The zero-order valence-corrected chi connectivity index (χ0v) is 18.3. The molecule has 162 valence electrons. The number of amides is 1. The zero-order chi connectivity index (χ0) is 22.5. The molecule has 2 aromatic heterocycles. The number of carbonyl (C=O) groups excluding carboxylic acids is 2. The number of nitrogens with zero attached hydrogens (tertiary/aromatic N) is 3. The Bertz CT molecular complexity index is 1250. The van der Waals surface area contributed by atoms with Crippen molar-refractivity contribution in [3.63, 3.8) is 0 Å². The number of methoxy groups -OCH3 is 2. The Morgan fingerprint density at radius 1 is 1.06 bits per heavy atom. The molecule has 0 saturated heterocycles. The SMILES string of the molecule is COC(=O)c1ccc(NC(=O)CSc2nccn3nc(-c4ccc(OC)cc4)cc23)cc1. The minimum absolute atomic E-state index is 0.175. The van der Waals surface area contributed by atoms with Crippen molar-refractivity contribution >= 4 is 34.8 Å². The van der Waals surface area contributed by atoms with E-state index in [-0.39, 0.29) is 11.7 Å². The highest BCUT2D eigenvalue weighted by atomic mass is 32.2. The molecule has 1 N–H and O–H groups in total. The number of anilines is 1. The number of aromatic nitrogens is 3. The van der Waals surface area contributed by atoms with Gasteiger partial charge in [0.15, 0.2) is 0 Å². The summed E-state index contributed by atoms with van der Waals surface area (Å²) in [6.07, 6.45) is 3.43. The minimum Gasteiger partial charge on any atom is -0.497 e. The molecule has 0 aliphatic heterocycles. The lowest BCUT2D eigenvalue weighted by Crippen LogP contribution is -2.14. The first-order valence-electron chi connectivity index (χ1n) is 9.67. The predicted octanol–water partition coefficient (Wildman–Crippen LogP) is 3.92. The van der Waals surface area contributed by atoms with E-state index >= 15 is 0 Å². The standard InChI is InChI=1S/C23H20N4O4S/c1-30-18-9-5-15(6-10-18)19-13-20-22(24-11-12-27(20)26-19)32-14-21(28)25-17-7-3-16(4-8-17)23(29)31-2/h3-13H,14H2,1-2H3,(H,25,28). The van der Waals surface area contributed by atoms with Crippen LogP contribution in [0.25, 0.3) is 16.8 Å². The fourth-order valence-corrected chi connectivity index (χ4v) is 3.83. The summed E-state index contributed by atoms with van der Waals surface area (Å²) in [6, 6.07) is 16.1. The highest BCUT2D eigenvalue weighted by Gasteiger charge is 2.12. The van der Waals surface area contributed by atoms with E-state index < -0.39 is 5.97 Å². The van der Waals surface area contributed by atoms with Gasteiger partial charge in [-0.25, -0.2) is 14.3 Å². The largest absolute Gasteiger partial charge is 0.497 e. The van der Waals surface area contributed by atoms with Gasteiger partial charge in [0.05, 0.1) is 36.7 Å². The third-order valence-electron chi connectivity index (χ3n) is 4.67. The molecule has 0 aliphatic carbocycles. The lowest BCUT2D eigenvalue weighted by Gasteiger charge is -2.06. The summed E-state index contributed by atoms with van der Waals surface area (Å²) in [5, 5.41) is 8.12. The van der Waals surface area contributed by atoms with Crippen molar-refractivity contribution in [1.82, 2.24) is 14.6 Å². The van der Waals surface area contributed by atoms with Gasteiger partial charge in [-0.2, -0.15) is 5.10 Å². The van der Waals surface area contributed by atoms with Crippen molar-refractivity contribution in [2.24, 2.45) is 0 Å². The number of thioether (sulfide) groups is 1. The maximum Gasteiger partial charge on any atom is 0.337 e. The Kier molecular flexibility index (Phi) is 6.37. The van der Waals surface area contributed by atoms with Gasteiger partial charge in [-0.05, 0) is 54.6 Å². The molecule has 0 spiro atoms. The van der Waals surface area contributed by atoms with E-state index in [1.54, 1.807) is 48.3 Å². The van der Waals surface area contributed by atoms with Crippen LogP contribution in [0.3, 0.4) is 0 Å². The van der Waals surface area contributed by atoms with Gasteiger partial charge in [-0.3, -0.25) is 4.79 Å². The van der Waals surface area contributed by atoms with Crippen molar-refractivity contribution in [2.75, 3.05) is 25.3 Å². The van der Waals surface area contributed by atoms with Gasteiger partial charge in [0, 0.05) is 23.6 Å². The molecule has 2 aromatic carbocycles. The van der Waals surface area contributed by atoms with Crippen molar-refractivity contribution in [1.29, 1.82) is 0 Å². The highest BCUT2D eigenvalue weighted by molar-refractivity contribution is 8.00. The Labute approximate surface area is 188 Å².